The van der Waals surface area contributed by atoms with E-state index in [-0.39, 0.29) is 16.4 Å². The molecule has 8 heteroatoms. The normalized spacial score (nSPS) is 14.9. The van der Waals surface area contributed by atoms with E-state index in [1.165, 1.54) is 7.11 Å². The predicted octanol–water partition coefficient (Wildman–Crippen LogP) is 3.07. The number of sulfonamides is 1. The Morgan fingerprint density at radius 2 is 1.85 bits per heavy atom. The number of aryl methyl sites for hydroxylation is 2. The predicted molar refractivity (Wildman–Crippen MR) is 104 cm³/mol. The lowest BCUT2D eigenvalue weighted by molar-refractivity contribution is 0.0720. The van der Waals surface area contributed by atoms with E-state index in [0.29, 0.717) is 35.9 Å². The van der Waals surface area contributed by atoms with Crippen molar-refractivity contribution >= 4 is 21.6 Å². The summed E-state index contributed by atoms with van der Waals surface area (Å²) in [5, 5.41) is 0. The summed E-state index contributed by atoms with van der Waals surface area (Å²) in [5.74, 6) is 0.310. The number of hydrogen-bond donors (Lipinski definition) is 2. The Bertz CT molecular complexity index is 944. The summed E-state index contributed by atoms with van der Waals surface area (Å²) < 4.78 is 33.9. The van der Waals surface area contributed by atoms with Gasteiger partial charge >= 0.3 is 0 Å². The standard InChI is InChI=1S/C19H25N3O4S/c1-13-17(19(23)22-10-5-4-6-11-22)18(14(2)20-13)27(24,25)21-15-8-7-9-16(12-15)26-3/h7-9,12,20-21H,4-6,10-11H2,1-3H3. The maximum Gasteiger partial charge on any atom is 0.264 e. The molecule has 1 aromatic carbocycles. The molecule has 1 aliphatic rings. The third kappa shape index (κ3) is 3.95. The fraction of sp³-hybridized carbons (Fsp3) is 0.421. The fourth-order valence-corrected chi connectivity index (χ4v) is 5.00. The number of hydrogen-bond acceptors (Lipinski definition) is 4. The molecule has 1 saturated heterocycles. The summed E-state index contributed by atoms with van der Waals surface area (Å²) in [4.78, 5) is 17.8. The number of methoxy groups -OCH3 is 1. The van der Waals surface area contributed by atoms with Crippen molar-refractivity contribution in [3.05, 3.63) is 41.2 Å². The minimum Gasteiger partial charge on any atom is -0.497 e. The zero-order chi connectivity index (χ0) is 19.6. The molecule has 27 heavy (non-hydrogen) atoms. The van der Waals surface area contributed by atoms with Crippen molar-refractivity contribution in [2.45, 2.75) is 38.0 Å². The number of piperidine rings is 1. The third-order valence-electron chi connectivity index (χ3n) is 4.77. The molecule has 0 atom stereocenters. The lowest BCUT2D eigenvalue weighted by atomic mass is 10.1. The summed E-state index contributed by atoms with van der Waals surface area (Å²) in [6.07, 6.45) is 2.98. The second-order valence-electron chi connectivity index (χ2n) is 6.77. The van der Waals surface area contributed by atoms with Gasteiger partial charge in [0.15, 0.2) is 0 Å². The Morgan fingerprint density at radius 1 is 1.15 bits per heavy atom. The van der Waals surface area contributed by atoms with Crippen LogP contribution in [0.4, 0.5) is 5.69 Å². The van der Waals surface area contributed by atoms with Gasteiger partial charge in [-0.1, -0.05) is 6.07 Å². The summed E-state index contributed by atoms with van der Waals surface area (Å²) >= 11 is 0. The largest absolute Gasteiger partial charge is 0.497 e. The van der Waals surface area contributed by atoms with Crippen molar-refractivity contribution in [3.8, 4) is 5.75 Å². The lowest BCUT2D eigenvalue weighted by Gasteiger charge is -2.27. The first kappa shape index (κ1) is 19.3. The number of nitrogens with one attached hydrogen (secondary N) is 2. The van der Waals surface area contributed by atoms with Gasteiger partial charge < -0.3 is 14.6 Å². The quantitative estimate of drug-likeness (QED) is 0.819. The van der Waals surface area contributed by atoms with Crippen molar-refractivity contribution in [1.29, 1.82) is 0 Å². The summed E-state index contributed by atoms with van der Waals surface area (Å²) in [6.45, 7) is 4.71. The molecule has 0 spiro atoms. The van der Waals surface area contributed by atoms with Gasteiger partial charge in [0.25, 0.3) is 15.9 Å². The molecule has 0 unspecified atom stereocenters. The molecule has 2 heterocycles. The van der Waals surface area contributed by atoms with Crippen molar-refractivity contribution in [1.82, 2.24) is 9.88 Å². The molecule has 1 amide bonds. The SMILES string of the molecule is COc1cccc(NS(=O)(=O)c2c(C)[nH]c(C)c2C(=O)N2CCCCC2)c1. The van der Waals surface area contributed by atoms with Gasteiger partial charge in [-0.2, -0.15) is 0 Å². The molecule has 146 valence electrons. The van der Waals surface area contributed by atoms with Gasteiger partial charge in [-0.3, -0.25) is 9.52 Å². The van der Waals surface area contributed by atoms with Crippen LogP contribution in [0.5, 0.6) is 5.75 Å². The van der Waals surface area contributed by atoms with E-state index in [2.05, 4.69) is 9.71 Å². The van der Waals surface area contributed by atoms with Crippen LogP contribution in [-0.2, 0) is 10.0 Å². The molecule has 0 radical (unpaired) electrons. The molecule has 7 nitrogen and oxygen atoms in total. The first-order valence-corrected chi connectivity index (χ1v) is 10.5. The van der Waals surface area contributed by atoms with Crippen LogP contribution in [0.2, 0.25) is 0 Å². The molecule has 0 aliphatic carbocycles. The maximum atomic E-state index is 13.1. The molecule has 3 rings (SSSR count). The number of nitrogens with zero attached hydrogens (tertiary/aromatic N) is 1. The fourth-order valence-electron chi connectivity index (χ4n) is 3.50. The van der Waals surface area contributed by atoms with Crippen LogP contribution in [0.3, 0.4) is 0 Å². The van der Waals surface area contributed by atoms with Gasteiger partial charge in [0.1, 0.15) is 10.6 Å². The van der Waals surface area contributed by atoms with Gasteiger partial charge in [-0.15, -0.1) is 0 Å². The van der Waals surface area contributed by atoms with Crippen LogP contribution in [0, 0.1) is 13.8 Å². The summed E-state index contributed by atoms with van der Waals surface area (Å²) in [7, 11) is -2.43. The zero-order valence-corrected chi connectivity index (χ0v) is 16.6. The Balaban J connectivity index is 1.98. The highest BCUT2D eigenvalue weighted by Crippen LogP contribution is 2.29. The monoisotopic (exact) mass is 391 g/mol. The average Bonchev–Trinajstić information content (AvgIpc) is 2.96. The van der Waals surface area contributed by atoms with E-state index in [0.717, 1.165) is 19.3 Å². The zero-order valence-electron chi connectivity index (χ0n) is 15.8. The number of aromatic nitrogens is 1. The van der Waals surface area contributed by atoms with Crippen LogP contribution >= 0.6 is 0 Å². The molecule has 2 aromatic rings. The van der Waals surface area contributed by atoms with Crippen LogP contribution in [0.25, 0.3) is 0 Å². The molecule has 0 saturated carbocycles. The van der Waals surface area contributed by atoms with E-state index in [1.54, 1.807) is 43.0 Å². The van der Waals surface area contributed by atoms with E-state index in [1.807, 2.05) is 0 Å². The topological polar surface area (TPSA) is 91.5 Å². The van der Waals surface area contributed by atoms with Crippen LogP contribution in [0.1, 0.15) is 41.0 Å². The number of rotatable bonds is 5. The number of anilines is 1. The van der Waals surface area contributed by atoms with E-state index < -0.39 is 10.0 Å². The highest BCUT2D eigenvalue weighted by Gasteiger charge is 2.32. The second kappa shape index (κ2) is 7.64. The number of benzene rings is 1. The van der Waals surface area contributed by atoms with Crippen molar-refractivity contribution in [2.75, 3.05) is 24.9 Å². The third-order valence-corrected chi connectivity index (χ3v) is 6.32. The second-order valence-corrected chi connectivity index (χ2v) is 8.39. The molecule has 2 N–H and O–H groups in total. The number of carbonyl (C=O) groups excluding carboxylic acids is 1. The number of aromatic amines is 1. The molecular weight excluding hydrogens is 366 g/mol. The Morgan fingerprint density at radius 3 is 2.52 bits per heavy atom. The smallest absolute Gasteiger partial charge is 0.264 e. The van der Waals surface area contributed by atoms with Crippen LogP contribution in [0.15, 0.2) is 29.2 Å². The molecule has 1 aliphatic heterocycles. The summed E-state index contributed by atoms with van der Waals surface area (Å²) in [6, 6.07) is 6.67. The number of likely N-dealkylation sites (tertiary alicyclic amines) is 1. The van der Waals surface area contributed by atoms with E-state index in [4.69, 9.17) is 4.74 Å². The van der Waals surface area contributed by atoms with Gasteiger partial charge in [-0.05, 0) is 45.2 Å². The number of ether oxygens (including phenoxy) is 1. The summed E-state index contributed by atoms with van der Waals surface area (Å²) in [5.41, 5.74) is 1.62. The molecular formula is C19H25N3O4S. The maximum absolute atomic E-state index is 13.1. The Hall–Kier alpha value is -2.48. The van der Waals surface area contributed by atoms with E-state index in [9.17, 15) is 13.2 Å². The van der Waals surface area contributed by atoms with Gasteiger partial charge in [0, 0.05) is 30.5 Å². The van der Waals surface area contributed by atoms with Crippen molar-refractivity contribution in [3.63, 3.8) is 0 Å². The Labute approximate surface area is 159 Å². The number of H-pyrrole nitrogens is 1. The Kier molecular flexibility index (Phi) is 5.46. The van der Waals surface area contributed by atoms with Gasteiger partial charge in [-0.25, -0.2) is 8.42 Å². The van der Waals surface area contributed by atoms with Crippen molar-refractivity contribution in [2.24, 2.45) is 0 Å². The molecule has 0 bridgehead atoms. The van der Waals surface area contributed by atoms with Crippen LogP contribution in [-0.4, -0.2) is 44.4 Å². The first-order valence-electron chi connectivity index (χ1n) is 8.99. The lowest BCUT2D eigenvalue weighted by Crippen LogP contribution is -2.36. The van der Waals surface area contributed by atoms with Gasteiger partial charge in [0.05, 0.1) is 18.4 Å². The molecule has 1 fully saturated rings. The highest BCUT2D eigenvalue weighted by atomic mass is 32.2. The molecule has 1 aromatic heterocycles. The van der Waals surface area contributed by atoms with Gasteiger partial charge in [0.2, 0.25) is 0 Å². The van der Waals surface area contributed by atoms with Crippen LogP contribution < -0.4 is 9.46 Å². The minimum atomic E-state index is -3.95. The minimum absolute atomic E-state index is 0.0124. The highest BCUT2D eigenvalue weighted by molar-refractivity contribution is 7.92. The van der Waals surface area contributed by atoms with E-state index >= 15 is 0 Å². The average molecular weight is 391 g/mol. The number of amides is 1. The number of carbonyl (C=O) groups is 1. The van der Waals surface area contributed by atoms with Crippen molar-refractivity contribution < 1.29 is 17.9 Å². The first-order chi connectivity index (χ1) is 12.8.